The van der Waals surface area contributed by atoms with Crippen LogP contribution in [0.1, 0.15) is 78.1 Å². The van der Waals surface area contributed by atoms with Gasteiger partial charge in [0.2, 0.25) is 0 Å². The Hall–Kier alpha value is -0.0800. The summed E-state index contributed by atoms with van der Waals surface area (Å²) in [6.07, 6.45) is 14.1. The first kappa shape index (κ1) is 17.3. The second-order valence-electron chi connectivity index (χ2n) is 8.18. The van der Waals surface area contributed by atoms with E-state index in [9.17, 15) is 0 Å². The smallest absolute Gasteiger partial charge is 0.0330 e. The van der Waals surface area contributed by atoms with Crippen LogP contribution < -0.4 is 5.32 Å². The van der Waals surface area contributed by atoms with E-state index in [4.69, 9.17) is 0 Å². The first-order valence-corrected chi connectivity index (χ1v) is 9.46. The van der Waals surface area contributed by atoms with Crippen LogP contribution in [0.25, 0.3) is 0 Å². The molecule has 2 fully saturated rings. The number of likely N-dealkylation sites (N-methyl/N-ethyl adjacent to an activating group) is 1. The molecule has 0 amide bonds. The summed E-state index contributed by atoms with van der Waals surface area (Å²) < 4.78 is 0. The van der Waals surface area contributed by atoms with Crippen molar-refractivity contribution in [3.63, 3.8) is 0 Å². The zero-order valence-corrected chi connectivity index (χ0v) is 15.0. The lowest BCUT2D eigenvalue weighted by Crippen LogP contribution is -2.55. The summed E-state index contributed by atoms with van der Waals surface area (Å²) in [7, 11) is 4.58. The molecule has 2 aliphatic carbocycles. The molecule has 21 heavy (non-hydrogen) atoms. The van der Waals surface area contributed by atoms with Gasteiger partial charge < -0.3 is 10.2 Å². The maximum atomic E-state index is 3.98. The highest BCUT2D eigenvalue weighted by molar-refractivity contribution is 4.95. The van der Waals surface area contributed by atoms with Gasteiger partial charge in [-0.1, -0.05) is 46.0 Å². The van der Waals surface area contributed by atoms with Gasteiger partial charge in [-0.3, -0.25) is 0 Å². The summed E-state index contributed by atoms with van der Waals surface area (Å²) >= 11 is 0. The topological polar surface area (TPSA) is 15.3 Å². The SMILES string of the molecule is CCC1CCCC(NCC2(N(C)C)CCCC(C)C2)CC1. The Morgan fingerprint density at radius 3 is 2.52 bits per heavy atom. The fourth-order valence-corrected chi connectivity index (χ4v) is 4.68. The van der Waals surface area contributed by atoms with E-state index in [1.807, 2.05) is 0 Å². The van der Waals surface area contributed by atoms with E-state index in [1.165, 1.54) is 70.8 Å². The largest absolute Gasteiger partial charge is 0.312 e. The molecular formula is C19H38N2. The Kier molecular flexibility index (Phi) is 6.55. The van der Waals surface area contributed by atoms with E-state index in [0.717, 1.165) is 17.9 Å². The van der Waals surface area contributed by atoms with Gasteiger partial charge >= 0.3 is 0 Å². The van der Waals surface area contributed by atoms with Crippen LogP contribution in [0.4, 0.5) is 0 Å². The van der Waals surface area contributed by atoms with E-state index in [1.54, 1.807) is 0 Å². The normalized spacial score (nSPS) is 38.4. The Bertz CT molecular complexity index is 302. The highest BCUT2D eigenvalue weighted by Crippen LogP contribution is 2.35. The number of nitrogens with zero attached hydrogens (tertiary/aromatic N) is 1. The highest BCUT2D eigenvalue weighted by Gasteiger charge is 2.37. The van der Waals surface area contributed by atoms with Crippen LogP contribution in [0, 0.1) is 11.8 Å². The summed E-state index contributed by atoms with van der Waals surface area (Å²) in [4.78, 5) is 2.52. The van der Waals surface area contributed by atoms with E-state index in [-0.39, 0.29) is 0 Å². The molecule has 124 valence electrons. The predicted octanol–water partition coefficient (Wildman–Crippen LogP) is 4.45. The predicted molar refractivity (Wildman–Crippen MR) is 92.7 cm³/mol. The van der Waals surface area contributed by atoms with Crippen LogP contribution in [0.15, 0.2) is 0 Å². The molecule has 0 saturated heterocycles. The van der Waals surface area contributed by atoms with Crippen molar-refractivity contribution >= 4 is 0 Å². The molecule has 0 radical (unpaired) electrons. The number of hydrogen-bond acceptors (Lipinski definition) is 2. The fraction of sp³-hybridized carbons (Fsp3) is 1.00. The molecule has 2 nitrogen and oxygen atoms in total. The van der Waals surface area contributed by atoms with Crippen LogP contribution in [0.2, 0.25) is 0 Å². The van der Waals surface area contributed by atoms with Crippen LogP contribution in [0.5, 0.6) is 0 Å². The van der Waals surface area contributed by atoms with E-state index in [0.29, 0.717) is 5.54 Å². The van der Waals surface area contributed by atoms with Gasteiger partial charge in [0.15, 0.2) is 0 Å². The Balaban J connectivity index is 1.87. The van der Waals surface area contributed by atoms with Crippen LogP contribution in [-0.4, -0.2) is 37.1 Å². The van der Waals surface area contributed by atoms with Crippen LogP contribution in [-0.2, 0) is 0 Å². The molecule has 0 aromatic rings. The maximum Gasteiger partial charge on any atom is 0.0330 e. The van der Waals surface area contributed by atoms with Crippen molar-refractivity contribution in [2.75, 3.05) is 20.6 Å². The zero-order valence-electron chi connectivity index (χ0n) is 15.0. The Morgan fingerprint density at radius 2 is 1.86 bits per heavy atom. The van der Waals surface area contributed by atoms with E-state index >= 15 is 0 Å². The molecule has 0 bridgehead atoms. The van der Waals surface area contributed by atoms with Crippen molar-refractivity contribution in [1.82, 2.24) is 10.2 Å². The molecule has 0 aromatic carbocycles. The van der Waals surface area contributed by atoms with Crippen molar-refractivity contribution in [2.24, 2.45) is 11.8 Å². The number of nitrogens with one attached hydrogen (secondary N) is 1. The van der Waals surface area contributed by atoms with Gasteiger partial charge in [0.05, 0.1) is 0 Å². The minimum atomic E-state index is 0.411. The first-order valence-electron chi connectivity index (χ1n) is 9.46. The lowest BCUT2D eigenvalue weighted by molar-refractivity contribution is 0.0716. The van der Waals surface area contributed by atoms with Crippen LogP contribution in [0.3, 0.4) is 0 Å². The molecule has 1 N–H and O–H groups in total. The molecule has 4 atom stereocenters. The average molecular weight is 295 g/mol. The van der Waals surface area contributed by atoms with Crippen molar-refractivity contribution in [2.45, 2.75) is 89.6 Å². The van der Waals surface area contributed by atoms with Gasteiger partial charge in [-0.25, -0.2) is 0 Å². The van der Waals surface area contributed by atoms with Crippen molar-refractivity contribution < 1.29 is 0 Å². The third-order valence-electron chi connectivity index (χ3n) is 6.40. The van der Waals surface area contributed by atoms with E-state index in [2.05, 4.69) is 38.2 Å². The molecule has 2 aliphatic rings. The lowest BCUT2D eigenvalue weighted by atomic mass is 9.75. The number of hydrogen-bond donors (Lipinski definition) is 1. The summed E-state index contributed by atoms with van der Waals surface area (Å²) in [5, 5.41) is 3.98. The molecule has 0 aromatic heterocycles. The van der Waals surface area contributed by atoms with Gasteiger partial charge in [-0.2, -0.15) is 0 Å². The minimum Gasteiger partial charge on any atom is -0.312 e. The molecule has 2 heteroatoms. The summed E-state index contributed by atoms with van der Waals surface area (Å²) in [5.74, 6) is 1.89. The molecule has 0 aliphatic heterocycles. The quantitative estimate of drug-likeness (QED) is 0.754. The van der Waals surface area contributed by atoms with Gasteiger partial charge in [-0.15, -0.1) is 0 Å². The molecule has 0 spiro atoms. The Labute approximate surface area is 133 Å². The fourth-order valence-electron chi connectivity index (χ4n) is 4.68. The molecule has 2 saturated carbocycles. The van der Waals surface area contributed by atoms with Gasteiger partial charge in [0, 0.05) is 18.1 Å². The third-order valence-corrected chi connectivity index (χ3v) is 6.40. The van der Waals surface area contributed by atoms with Crippen molar-refractivity contribution in [3.8, 4) is 0 Å². The van der Waals surface area contributed by atoms with Crippen molar-refractivity contribution in [1.29, 1.82) is 0 Å². The number of rotatable bonds is 5. The third kappa shape index (κ3) is 4.69. The molecule has 2 rings (SSSR count). The monoisotopic (exact) mass is 294 g/mol. The molecule has 4 unspecified atom stereocenters. The maximum absolute atomic E-state index is 3.98. The average Bonchev–Trinajstić information content (AvgIpc) is 2.70. The van der Waals surface area contributed by atoms with Crippen molar-refractivity contribution in [3.05, 3.63) is 0 Å². The van der Waals surface area contributed by atoms with Crippen LogP contribution >= 0.6 is 0 Å². The summed E-state index contributed by atoms with van der Waals surface area (Å²) in [6.45, 7) is 6.00. The summed E-state index contributed by atoms with van der Waals surface area (Å²) in [6, 6.07) is 0.774. The first-order chi connectivity index (χ1) is 10.1. The van der Waals surface area contributed by atoms with Gasteiger partial charge in [-0.05, 0) is 58.0 Å². The zero-order chi connectivity index (χ0) is 15.3. The molecule has 0 heterocycles. The second-order valence-corrected chi connectivity index (χ2v) is 8.18. The lowest BCUT2D eigenvalue weighted by Gasteiger charge is -2.46. The van der Waals surface area contributed by atoms with Gasteiger partial charge in [0.1, 0.15) is 0 Å². The standard InChI is InChI=1S/C19H38N2/c1-5-17-9-6-10-18(12-11-17)20-15-19(21(3)4)13-7-8-16(2)14-19/h16-18,20H,5-15H2,1-4H3. The van der Waals surface area contributed by atoms with Gasteiger partial charge in [0.25, 0.3) is 0 Å². The summed E-state index contributed by atoms with van der Waals surface area (Å²) in [5.41, 5.74) is 0.411. The highest BCUT2D eigenvalue weighted by atomic mass is 15.2. The Morgan fingerprint density at radius 1 is 1.05 bits per heavy atom. The molecular weight excluding hydrogens is 256 g/mol. The van der Waals surface area contributed by atoms with E-state index < -0.39 is 0 Å². The second kappa shape index (κ2) is 7.97. The minimum absolute atomic E-state index is 0.411.